The van der Waals surface area contributed by atoms with Crippen LogP contribution in [0.4, 0.5) is 5.69 Å². The third kappa shape index (κ3) is 3.68. The summed E-state index contributed by atoms with van der Waals surface area (Å²) in [5, 5.41) is 22.5. The van der Waals surface area contributed by atoms with Gasteiger partial charge in [-0.15, -0.1) is 0 Å². The van der Waals surface area contributed by atoms with Crippen LogP contribution in [0.1, 0.15) is 28.0 Å². The minimum absolute atomic E-state index is 0.00941. The van der Waals surface area contributed by atoms with Crippen LogP contribution in [0, 0.1) is 10.1 Å². The number of aliphatic hydroxyl groups excluding tert-OH is 1. The van der Waals surface area contributed by atoms with Gasteiger partial charge in [0.2, 0.25) is 0 Å². The molecule has 2 N–H and O–H groups in total. The van der Waals surface area contributed by atoms with E-state index in [4.69, 9.17) is 0 Å². The molecule has 2 aliphatic heterocycles. The maximum Gasteiger partial charge on any atom is 0.270 e. The second kappa shape index (κ2) is 7.79. The zero-order chi connectivity index (χ0) is 21.5. The molecule has 1 fully saturated rings. The van der Waals surface area contributed by atoms with Gasteiger partial charge in [0.1, 0.15) is 5.69 Å². The van der Waals surface area contributed by atoms with Crippen molar-refractivity contribution in [3.05, 3.63) is 75.5 Å². The maximum absolute atomic E-state index is 13.0. The molecule has 1 saturated heterocycles. The number of piperidine rings is 1. The van der Waals surface area contributed by atoms with Crippen LogP contribution in [-0.2, 0) is 13.0 Å². The normalized spacial score (nSPS) is 21.8. The average molecular weight is 420 g/mol. The Hall–Kier alpha value is -3.23. The Morgan fingerprint density at radius 2 is 1.94 bits per heavy atom. The summed E-state index contributed by atoms with van der Waals surface area (Å²) in [6.45, 7) is 2.57. The molecule has 0 saturated carbocycles. The molecule has 3 heterocycles. The number of nitrogens with zero attached hydrogens (tertiary/aromatic N) is 3. The van der Waals surface area contributed by atoms with E-state index in [1.165, 1.54) is 23.3 Å². The molecule has 0 radical (unpaired) electrons. The van der Waals surface area contributed by atoms with E-state index < -0.39 is 11.0 Å². The van der Waals surface area contributed by atoms with Crippen molar-refractivity contribution in [3.8, 4) is 0 Å². The average Bonchev–Trinajstić information content (AvgIpc) is 3.21. The summed E-state index contributed by atoms with van der Waals surface area (Å²) in [7, 11) is 0. The number of hydrogen-bond acceptors (Lipinski definition) is 5. The van der Waals surface area contributed by atoms with Gasteiger partial charge in [-0.25, -0.2) is 0 Å². The summed E-state index contributed by atoms with van der Waals surface area (Å²) in [6, 6.07) is 14.6. The van der Waals surface area contributed by atoms with Crippen molar-refractivity contribution in [2.45, 2.75) is 31.5 Å². The van der Waals surface area contributed by atoms with Gasteiger partial charge in [0.05, 0.1) is 11.0 Å². The number of nitro benzene ring substituents is 1. The van der Waals surface area contributed by atoms with Crippen LogP contribution in [0.15, 0.2) is 48.5 Å². The zero-order valence-corrected chi connectivity index (χ0v) is 17.0. The van der Waals surface area contributed by atoms with Crippen LogP contribution < -0.4 is 0 Å². The lowest BCUT2D eigenvalue weighted by Gasteiger charge is -2.43. The number of H-pyrrole nitrogens is 1. The van der Waals surface area contributed by atoms with E-state index in [1.54, 1.807) is 17.0 Å². The molecule has 8 heteroatoms. The first-order valence-corrected chi connectivity index (χ1v) is 10.5. The summed E-state index contributed by atoms with van der Waals surface area (Å²) >= 11 is 0. The second-order valence-corrected chi connectivity index (χ2v) is 8.38. The largest absolute Gasteiger partial charge is 0.390 e. The van der Waals surface area contributed by atoms with Gasteiger partial charge >= 0.3 is 0 Å². The summed E-state index contributed by atoms with van der Waals surface area (Å²) in [5.74, 6) is -0.194. The van der Waals surface area contributed by atoms with Gasteiger partial charge in [-0.1, -0.05) is 24.3 Å². The van der Waals surface area contributed by atoms with E-state index >= 15 is 0 Å². The Balaban J connectivity index is 1.28. The Labute approximate surface area is 179 Å². The molecule has 8 nitrogen and oxygen atoms in total. The number of aliphatic hydroxyl groups is 1. The van der Waals surface area contributed by atoms with Gasteiger partial charge in [-0.2, -0.15) is 0 Å². The number of amides is 1. The van der Waals surface area contributed by atoms with Crippen molar-refractivity contribution in [1.29, 1.82) is 0 Å². The Morgan fingerprint density at radius 3 is 2.71 bits per heavy atom. The summed E-state index contributed by atoms with van der Waals surface area (Å²) < 4.78 is 0. The molecule has 2 atom stereocenters. The summed E-state index contributed by atoms with van der Waals surface area (Å²) in [4.78, 5) is 30.6. The highest BCUT2D eigenvalue weighted by Gasteiger charge is 2.35. The zero-order valence-electron chi connectivity index (χ0n) is 17.0. The van der Waals surface area contributed by atoms with Gasteiger partial charge in [-0.3, -0.25) is 19.8 Å². The van der Waals surface area contributed by atoms with Crippen molar-refractivity contribution in [3.63, 3.8) is 0 Å². The molecule has 3 aromatic rings. The van der Waals surface area contributed by atoms with Gasteiger partial charge in [0.25, 0.3) is 11.6 Å². The van der Waals surface area contributed by atoms with Gasteiger partial charge in [0, 0.05) is 55.3 Å². The summed E-state index contributed by atoms with van der Waals surface area (Å²) in [5.41, 5.74) is 3.74. The lowest BCUT2D eigenvalue weighted by molar-refractivity contribution is -0.384. The maximum atomic E-state index is 13.0. The topological polar surface area (TPSA) is 103 Å². The molecule has 31 heavy (non-hydrogen) atoms. The molecule has 0 unspecified atom stereocenters. The number of fused-ring (bicyclic) bond motifs is 2. The minimum Gasteiger partial charge on any atom is -0.390 e. The Morgan fingerprint density at radius 1 is 1.13 bits per heavy atom. The molecule has 2 aromatic carbocycles. The number of aromatic amines is 1. The number of carbonyl (C=O) groups is 1. The van der Waals surface area contributed by atoms with Gasteiger partial charge in [0.15, 0.2) is 0 Å². The summed E-state index contributed by atoms with van der Waals surface area (Å²) in [6.07, 6.45) is 1.07. The van der Waals surface area contributed by atoms with Crippen molar-refractivity contribution in [2.75, 3.05) is 19.6 Å². The second-order valence-electron chi connectivity index (χ2n) is 8.38. The van der Waals surface area contributed by atoms with Gasteiger partial charge in [-0.05, 0) is 36.1 Å². The molecule has 1 aromatic heterocycles. The van der Waals surface area contributed by atoms with Crippen LogP contribution in [0.3, 0.4) is 0 Å². The highest BCUT2D eigenvalue weighted by atomic mass is 16.6. The lowest BCUT2D eigenvalue weighted by Crippen LogP contribution is -2.56. The molecule has 0 bridgehead atoms. The quantitative estimate of drug-likeness (QED) is 0.501. The molecule has 1 amide bonds. The Kier molecular flexibility index (Phi) is 4.95. The number of nitrogens with one attached hydrogen (secondary N) is 1. The number of carbonyl (C=O) groups excluding carboxylic acids is 1. The number of hydrogen-bond donors (Lipinski definition) is 2. The first kappa shape index (κ1) is 19.7. The standard InChI is InChI=1S/C23H24N4O4/c28-22-14-26(10-8-21(22)25-9-7-15-3-1-2-4-16(15)13-25)23(29)20-12-17-11-18(27(30)31)5-6-19(17)24-20/h1-6,11-12,21-22,24,28H,7-10,13-14H2/t21-,22-/m1/s1. The van der Waals surface area contributed by atoms with E-state index in [-0.39, 0.29) is 24.2 Å². The van der Waals surface area contributed by atoms with Crippen LogP contribution in [-0.4, -0.2) is 62.5 Å². The highest BCUT2D eigenvalue weighted by Crippen LogP contribution is 2.27. The number of non-ortho nitro benzene ring substituents is 1. The highest BCUT2D eigenvalue weighted by molar-refractivity contribution is 5.98. The monoisotopic (exact) mass is 420 g/mol. The number of β-amino-alcohol motifs (C(OH)–C–C–N with tert-alkyl or cyclic N) is 1. The van der Waals surface area contributed by atoms with E-state index in [1.807, 2.05) is 0 Å². The smallest absolute Gasteiger partial charge is 0.270 e. The SMILES string of the molecule is O=C(c1cc2cc([N+](=O)[O-])ccc2[nH]1)N1CC[C@@H](N2CCc3ccccc3C2)[C@H](O)C1. The van der Waals surface area contributed by atoms with E-state index in [2.05, 4.69) is 34.1 Å². The van der Waals surface area contributed by atoms with Crippen LogP contribution >= 0.6 is 0 Å². The fourth-order valence-electron chi connectivity index (χ4n) is 4.85. The van der Waals surface area contributed by atoms with E-state index in [9.17, 15) is 20.0 Å². The molecule has 5 rings (SSSR count). The number of rotatable bonds is 3. The molecule has 0 aliphatic carbocycles. The fraction of sp³-hybridized carbons (Fsp3) is 0.348. The Bertz CT molecular complexity index is 1160. The third-order valence-electron chi connectivity index (χ3n) is 6.51. The number of likely N-dealkylation sites (tertiary alicyclic amines) is 1. The molecule has 0 spiro atoms. The number of nitro groups is 1. The molecular weight excluding hydrogens is 396 g/mol. The van der Waals surface area contributed by atoms with Crippen molar-refractivity contribution in [2.24, 2.45) is 0 Å². The minimum atomic E-state index is -0.617. The van der Waals surface area contributed by atoms with Crippen molar-refractivity contribution in [1.82, 2.24) is 14.8 Å². The van der Waals surface area contributed by atoms with Gasteiger partial charge < -0.3 is 15.0 Å². The molecular formula is C23H24N4O4. The first-order valence-electron chi connectivity index (χ1n) is 10.5. The lowest BCUT2D eigenvalue weighted by atomic mass is 9.94. The van der Waals surface area contributed by atoms with Crippen LogP contribution in [0.2, 0.25) is 0 Å². The van der Waals surface area contributed by atoms with Crippen molar-refractivity contribution < 1.29 is 14.8 Å². The number of benzene rings is 2. The molecule has 2 aliphatic rings. The predicted molar refractivity (Wildman–Crippen MR) is 116 cm³/mol. The third-order valence-corrected chi connectivity index (χ3v) is 6.51. The van der Waals surface area contributed by atoms with Crippen LogP contribution in [0.25, 0.3) is 10.9 Å². The predicted octanol–water partition coefficient (Wildman–Crippen LogP) is 2.71. The fourth-order valence-corrected chi connectivity index (χ4v) is 4.85. The first-order chi connectivity index (χ1) is 15.0. The van der Waals surface area contributed by atoms with E-state index in [0.717, 1.165) is 19.5 Å². The number of aromatic nitrogens is 1. The van der Waals surface area contributed by atoms with Crippen molar-refractivity contribution >= 4 is 22.5 Å². The molecule has 160 valence electrons. The van der Waals surface area contributed by atoms with Crippen LogP contribution in [0.5, 0.6) is 0 Å². The van der Waals surface area contributed by atoms with E-state index in [0.29, 0.717) is 29.6 Å².